The van der Waals surface area contributed by atoms with Crippen molar-refractivity contribution in [1.29, 1.82) is 0 Å². The van der Waals surface area contributed by atoms with Crippen LogP contribution in [0.5, 0.6) is 0 Å². The quantitative estimate of drug-likeness (QED) is 0.770. The van der Waals surface area contributed by atoms with Crippen LogP contribution in [0.15, 0.2) is 12.4 Å². The number of nitrogens with one attached hydrogen (secondary N) is 1. The Morgan fingerprint density at radius 3 is 2.77 bits per heavy atom. The second-order valence-electron chi connectivity index (χ2n) is 2.94. The maximum Gasteiger partial charge on any atom is 0.177 e. The summed E-state index contributed by atoms with van der Waals surface area (Å²) < 4.78 is 24.1. The van der Waals surface area contributed by atoms with Crippen molar-refractivity contribution in [1.82, 2.24) is 9.55 Å². The molecule has 13 heavy (non-hydrogen) atoms. The van der Waals surface area contributed by atoms with Crippen LogP contribution in [0.4, 0.5) is 0 Å². The summed E-state index contributed by atoms with van der Waals surface area (Å²) in [6, 6.07) is 0. The smallest absolute Gasteiger partial charge is 0.177 e. The van der Waals surface area contributed by atoms with Gasteiger partial charge in [0.1, 0.15) is 9.84 Å². The Morgan fingerprint density at radius 1 is 1.62 bits per heavy atom. The fraction of sp³-hybridized carbons (Fsp3) is 0.571. The number of aromatic amines is 1. The van der Waals surface area contributed by atoms with Crippen LogP contribution in [0, 0.1) is 4.77 Å². The predicted molar refractivity (Wildman–Crippen MR) is 53.9 cm³/mol. The fourth-order valence-corrected chi connectivity index (χ4v) is 1.90. The first-order valence-electron chi connectivity index (χ1n) is 3.90. The van der Waals surface area contributed by atoms with Gasteiger partial charge in [0.05, 0.1) is 5.75 Å². The van der Waals surface area contributed by atoms with Gasteiger partial charge in [0.2, 0.25) is 0 Å². The first-order valence-corrected chi connectivity index (χ1v) is 6.37. The van der Waals surface area contributed by atoms with E-state index in [1.165, 1.54) is 6.26 Å². The topological polar surface area (TPSA) is 54.9 Å². The third-order valence-corrected chi connectivity index (χ3v) is 3.02. The highest BCUT2D eigenvalue weighted by atomic mass is 32.2. The Kier molecular flexibility index (Phi) is 3.27. The third-order valence-electron chi connectivity index (χ3n) is 1.64. The van der Waals surface area contributed by atoms with Gasteiger partial charge in [-0.05, 0) is 18.6 Å². The highest BCUT2D eigenvalue weighted by Crippen LogP contribution is 1.96. The molecular weight excluding hydrogens is 208 g/mol. The van der Waals surface area contributed by atoms with Gasteiger partial charge in [-0.2, -0.15) is 0 Å². The minimum atomic E-state index is -2.85. The van der Waals surface area contributed by atoms with E-state index in [0.29, 0.717) is 17.7 Å². The maximum absolute atomic E-state index is 10.8. The van der Waals surface area contributed by atoms with Gasteiger partial charge in [-0.25, -0.2) is 8.42 Å². The molecule has 0 atom stereocenters. The van der Waals surface area contributed by atoms with Gasteiger partial charge in [0, 0.05) is 25.2 Å². The van der Waals surface area contributed by atoms with Crippen molar-refractivity contribution < 1.29 is 8.42 Å². The largest absolute Gasteiger partial charge is 0.337 e. The van der Waals surface area contributed by atoms with Gasteiger partial charge < -0.3 is 9.55 Å². The van der Waals surface area contributed by atoms with E-state index in [-0.39, 0.29) is 5.75 Å². The number of rotatable bonds is 4. The van der Waals surface area contributed by atoms with E-state index in [0.717, 1.165) is 0 Å². The van der Waals surface area contributed by atoms with Gasteiger partial charge in [-0.15, -0.1) is 0 Å². The van der Waals surface area contributed by atoms with Crippen LogP contribution in [-0.4, -0.2) is 30.0 Å². The summed E-state index contributed by atoms with van der Waals surface area (Å²) in [5.41, 5.74) is 0. The molecule has 0 bridgehead atoms. The highest BCUT2D eigenvalue weighted by molar-refractivity contribution is 7.90. The molecule has 6 heteroatoms. The number of H-pyrrole nitrogens is 1. The first-order chi connectivity index (χ1) is 5.99. The lowest BCUT2D eigenvalue weighted by molar-refractivity contribution is 0.591. The summed E-state index contributed by atoms with van der Waals surface area (Å²) in [5.74, 6) is 0.208. The molecule has 0 spiro atoms. The number of hydrogen-bond donors (Lipinski definition) is 1. The summed E-state index contributed by atoms with van der Waals surface area (Å²) in [7, 11) is -2.85. The molecule has 0 aliphatic carbocycles. The fourth-order valence-electron chi connectivity index (χ4n) is 1.02. The van der Waals surface area contributed by atoms with Crippen molar-refractivity contribution >= 4 is 22.1 Å². The van der Waals surface area contributed by atoms with Gasteiger partial charge in [-0.1, -0.05) is 0 Å². The minimum Gasteiger partial charge on any atom is -0.337 e. The average molecular weight is 220 g/mol. The molecule has 1 rings (SSSR count). The normalized spacial score (nSPS) is 11.8. The molecule has 1 N–H and O–H groups in total. The Labute approximate surface area is 82.5 Å². The molecule has 0 unspecified atom stereocenters. The van der Waals surface area contributed by atoms with Gasteiger partial charge in [0.25, 0.3) is 0 Å². The number of aromatic nitrogens is 2. The van der Waals surface area contributed by atoms with E-state index in [1.54, 1.807) is 6.20 Å². The lowest BCUT2D eigenvalue weighted by Gasteiger charge is -2.00. The van der Waals surface area contributed by atoms with E-state index in [9.17, 15) is 8.42 Å². The molecular formula is C7H12N2O2S2. The van der Waals surface area contributed by atoms with E-state index >= 15 is 0 Å². The second kappa shape index (κ2) is 4.06. The van der Waals surface area contributed by atoms with Crippen LogP contribution in [0.2, 0.25) is 0 Å². The first kappa shape index (κ1) is 10.5. The molecule has 1 aromatic rings. The maximum atomic E-state index is 10.8. The zero-order chi connectivity index (χ0) is 9.90. The average Bonchev–Trinajstić information content (AvgIpc) is 2.34. The predicted octanol–water partition coefficient (Wildman–Crippen LogP) is 0.980. The molecule has 0 radical (unpaired) electrons. The van der Waals surface area contributed by atoms with Crippen molar-refractivity contribution in [3.63, 3.8) is 0 Å². The van der Waals surface area contributed by atoms with E-state index in [2.05, 4.69) is 4.98 Å². The second-order valence-corrected chi connectivity index (χ2v) is 5.59. The summed E-state index contributed by atoms with van der Waals surface area (Å²) in [5, 5.41) is 0. The van der Waals surface area contributed by atoms with Crippen LogP contribution in [0.1, 0.15) is 6.42 Å². The third kappa shape index (κ3) is 3.73. The molecule has 4 nitrogen and oxygen atoms in total. The van der Waals surface area contributed by atoms with Crippen molar-refractivity contribution in [2.45, 2.75) is 13.0 Å². The van der Waals surface area contributed by atoms with E-state index < -0.39 is 9.84 Å². The zero-order valence-electron chi connectivity index (χ0n) is 7.36. The number of aryl methyl sites for hydroxylation is 1. The molecule has 0 aromatic carbocycles. The monoisotopic (exact) mass is 220 g/mol. The van der Waals surface area contributed by atoms with Crippen LogP contribution in [0.3, 0.4) is 0 Å². The number of nitrogens with zero attached hydrogens (tertiary/aromatic N) is 1. The van der Waals surface area contributed by atoms with Gasteiger partial charge in [-0.3, -0.25) is 0 Å². The Bertz CT molecular complexity index is 416. The summed E-state index contributed by atoms with van der Waals surface area (Å²) in [6.07, 6.45) is 5.39. The zero-order valence-corrected chi connectivity index (χ0v) is 8.99. The molecule has 0 amide bonds. The Morgan fingerprint density at radius 2 is 2.31 bits per heavy atom. The molecule has 0 aliphatic heterocycles. The number of sulfone groups is 1. The van der Waals surface area contributed by atoms with Crippen LogP contribution < -0.4 is 0 Å². The molecule has 0 fully saturated rings. The molecule has 0 saturated heterocycles. The Balaban J connectivity index is 2.46. The van der Waals surface area contributed by atoms with E-state index in [4.69, 9.17) is 12.2 Å². The summed E-state index contributed by atoms with van der Waals surface area (Å²) in [6.45, 7) is 0.648. The summed E-state index contributed by atoms with van der Waals surface area (Å²) in [4.78, 5) is 2.84. The molecule has 0 aliphatic rings. The van der Waals surface area contributed by atoms with Crippen molar-refractivity contribution in [3.8, 4) is 0 Å². The lowest BCUT2D eigenvalue weighted by atomic mass is 10.5. The van der Waals surface area contributed by atoms with Crippen molar-refractivity contribution in [2.75, 3.05) is 12.0 Å². The van der Waals surface area contributed by atoms with E-state index in [1.807, 2.05) is 10.8 Å². The van der Waals surface area contributed by atoms with Crippen LogP contribution >= 0.6 is 12.2 Å². The molecule has 1 aromatic heterocycles. The van der Waals surface area contributed by atoms with Crippen LogP contribution in [-0.2, 0) is 16.4 Å². The van der Waals surface area contributed by atoms with Gasteiger partial charge >= 0.3 is 0 Å². The highest BCUT2D eigenvalue weighted by Gasteiger charge is 2.01. The Hall–Kier alpha value is -0.620. The molecule has 0 saturated carbocycles. The van der Waals surface area contributed by atoms with Crippen LogP contribution in [0.25, 0.3) is 0 Å². The number of imidazole rings is 1. The molecule has 74 valence electrons. The molecule has 1 heterocycles. The summed E-state index contributed by atoms with van der Waals surface area (Å²) >= 11 is 4.95. The SMILES string of the molecule is CS(=O)(=O)CCCn1cc[nH]c1=S. The minimum absolute atomic E-state index is 0.208. The lowest BCUT2D eigenvalue weighted by Crippen LogP contribution is -2.06. The standard InChI is InChI=1S/C7H12N2O2S2/c1-13(10,11)6-2-4-9-5-3-8-7(9)12/h3,5H,2,4,6H2,1H3,(H,8,12). The van der Waals surface area contributed by atoms with Crippen molar-refractivity contribution in [3.05, 3.63) is 17.2 Å². The van der Waals surface area contributed by atoms with Crippen molar-refractivity contribution in [2.24, 2.45) is 0 Å². The number of hydrogen-bond acceptors (Lipinski definition) is 3. The van der Waals surface area contributed by atoms with Gasteiger partial charge in [0.15, 0.2) is 4.77 Å².